The highest BCUT2D eigenvalue weighted by molar-refractivity contribution is 6.30. The summed E-state index contributed by atoms with van der Waals surface area (Å²) in [5.41, 5.74) is 3.18. The summed E-state index contributed by atoms with van der Waals surface area (Å²) in [7, 11) is 1.61. The summed E-state index contributed by atoms with van der Waals surface area (Å²) in [6, 6.07) is 19.5. The molecule has 0 radical (unpaired) electrons. The van der Waals surface area contributed by atoms with Gasteiger partial charge in [0.1, 0.15) is 11.3 Å². The molecule has 0 aliphatic carbocycles. The van der Waals surface area contributed by atoms with Gasteiger partial charge in [0.25, 0.3) is 5.91 Å². The summed E-state index contributed by atoms with van der Waals surface area (Å²) in [6.07, 6.45) is 0. The molecule has 6 heteroatoms. The molecule has 1 aliphatic rings. The Kier molecular flexibility index (Phi) is 4.98. The topological polar surface area (TPSA) is 59.8 Å². The number of methoxy groups -OCH3 is 1. The largest absolute Gasteiger partial charge is 0.497 e. The van der Waals surface area contributed by atoms with Gasteiger partial charge >= 0.3 is 0 Å². The number of rotatable bonds is 4. The summed E-state index contributed by atoms with van der Waals surface area (Å²) >= 11 is 6.26. The Morgan fingerprint density at radius 2 is 1.81 bits per heavy atom. The highest BCUT2D eigenvalue weighted by Crippen LogP contribution is 2.39. The standard InChI is InChI=1S/C26H20ClNO4/c1-15-6-11-21-20(12-15)24(29)22-23(17-4-3-5-18(27)13-17)28(26(30)25(22)32-21)14-16-7-9-19(31-2)10-8-16/h3-13,23H,14H2,1-2H3. The van der Waals surface area contributed by atoms with Crippen molar-refractivity contribution in [1.82, 2.24) is 4.90 Å². The molecule has 0 saturated carbocycles. The predicted molar refractivity (Wildman–Crippen MR) is 123 cm³/mol. The van der Waals surface area contributed by atoms with Crippen LogP contribution in [0, 0.1) is 6.92 Å². The molecule has 0 N–H and O–H groups in total. The molecule has 160 valence electrons. The van der Waals surface area contributed by atoms with E-state index in [1.807, 2.05) is 49.4 Å². The predicted octanol–water partition coefficient (Wildman–Crippen LogP) is 5.51. The Balaban J connectivity index is 1.70. The van der Waals surface area contributed by atoms with Crippen LogP contribution in [0.4, 0.5) is 0 Å². The average molecular weight is 446 g/mol. The van der Waals surface area contributed by atoms with E-state index in [4.69, 9.17) is 20.8 Å². The molecule has 1 aliphatic heterocycles. The first-order chi connectivity index (χ1) is 15.5. The highest BCUT2D eigenvalue weighted by Gasteiger charge is 2.42. The Bertz CT molecular complexity index is 1410. The van der Waals surface area contributed by atoms with Gasteiger partial charge in [-0.1, -0.05) is 47.5 Å². The number of hydrogen-bond donors (Lipinski definition) is 0. The average Bonchev–Trinajstić information content (AvgIpc) is 3.07. The third-order valence-electron chi connectivity index (χ3n) is 5.80. The minimum absolute atomic E-state index is 0.0878. The summed E-state index contributed by atoms with van der Waals surface area (Å²) in [5.74, 6) is 0.500. The number of fused-ring (bicyclic) bond motifs is 2. The molecule has 1 amide bonds. The molecular formula is C26H20ClNO4. The zero-order chi connectivity index (χ0) is 22.4. The first-order valence-corrected chi connectivity index (χ1v) is 10.6. The van der Waals surface area contributed by atoms with Crippen LogP contribution in [-0.2, 0) is 6.54 Å². The Hall–Kier alpha value is -3.57. The van der Waals surface area contributed by atoms with Crippen molar-refractivity contribution in [3.8, 4) is 5.75 Å². The fourth-order valence-corrected chi connectivity index (χ4v) is 4.45. The van der Waals surface area contributed by atoms with E-state index in [0.29, 0.717) is 28.1 Å². The molecule has 1 aromatic heterocycles. The number of benzene rings is 3. The third kappa shape index (κ3) is 3.35. The summed E-state index contributed by atoms with van der Waals surface area (Å²) in [4.78, 5) is 28.7. The van der Waals surface area contributed by atoms with E-state index in [2.05, 4.69) is 0 Å². The summed E-state index contributed by atoms with van der Waals surface area (Å²) in [5, 5.41) is 1.00. The van der Waals surface area contributed by atoms with Crippen LogP contribution in [0.1, 0.15) is 38.9 Å². The molecule has 0 fully saturated rings. The molecular weight excluding hydrogens is 426 g/mol. The van der Waals surface area contributed by atoms with Gasteiger partial charge < -0.3 is 14.1 Å². The maximum atomic E-state index is 13.6. The lowest BCUT2D eigenvalue weighted by Crippen LogP contribution is -2.29. The van der Waals surface area contributed by atoms with Gasteiger partial charge in [0.15, 0.2) is 5.43 Å². The van der Waals surface area contributed by atoms with Crippen LogP contribution in [0.2, 0.25) is 5.02 Å². The highest BCUT2D eigenvalue weighted by atomic mass is 35.5. The van der Waals surface area contributed by atoms with Crippen molar-refractivity contribution >= 4 is 28.5 Å². The van der Waals surface area contributed by atoms with Crippen molar-refractivity contribution in [3.63, 3.8) is 0 Å². The molecule has 0 spiro atoms. The zero-order valence-corrected chi connectivity index (χ0v) is 18.3. The number of ether oxygens (including phenoxy) is 1. The number of hydrogen-bond acceptors (Lipinski definition) is 4. The van der Waals surface area contributed by atoms with E-state index < -0.39 is 6.04 Å². The number of halogens is 1. The van der Waals surface area contributed by atoms with Gasteiger partial charge in [-0.25, -0.2) is 0 Å². The van der Waals surface area contributed by atoms with E-state index in [1.54, 1.807) is 36.3 Å². The van der Waals surface area contributed by atoms with Crippen LogP contribution in [0.5, 0.6) is 5.75 Å². The second-order valence-corrected chi connectivity index (χ2v) is 8.35. The van der Waals surface area contributed by atoms with Crippen molar-refractivity contribution < 1.29 is 13.9 Å². The first-order valence-electron chi connectivity index (χ1n) is 10.2. The summed E-state index contributed by atoms with van der Waals surface area (Å²) in [6.45, 7) is 2.22. The molecule has 1 atom stereocenters. The maximum absolute atomic E-state index is 13.6. The van der Waals surface area contributed by atoms with E-state index in [-0.39, 0.29) is 17.1 Å². The fraction of sp³-hybridized carbons (Fsp3) is 0.154. The van der Waals surface area contributed by atoms with E-state index >= 15 is 0 Å². The minimum Gasteiger partial charge on any atom is -0.497 e. The number of amides is 1. The van der Waals surface area contributed by atoms with Gasteiger partial charge in [0.05, 0.1) is 24.1 Å². The molecule has 0 bridgehead atoms. The van der Waals surface area contributed by atoms with Gasteiger partial charge in [-0.2, -0.15) is 0 Å². The van der Waals surface area contributed by atoms with E-state index in [9.17, 15) is 9.59 Å². The van der Waals surface area contributed by atoms with Gasteiger partial charge in [-0.05, 0) is 54.4 Å². The van der Waals surface area contributed by atoms with Crippen LogP contribution >= 0.6 is 11.6 Å². The first kappa shape index (κ1) is 20.3. The summed E-state index contributed by atoms with van der Waals surface area (Å²) < 4.78 is 11.2. The van der Waals surface area contributed by atoms with E-state index in [0.717, 1.165) is 22.4 Å². The van der Waals surface area contributed by atoms with Gasteiger partial charge in [-0.15, -0.1) is 0 Å². The monoisotopic (exact) mass is 445 g/mol. The van der Waals surface area contributed by atoms with Crippen LogP contribution < -0.4 is 10.2 Å². The molecule has 4 aromatic rings. The van der Waals surface area contributed by atoms with Crippen LogP contribution in [0.3, 0.4) is 0 Å². The number of carbonyl (C=O) groups excluding carboxylic acids is 1. The Morgan fingerprint density at radius 3 is 2.53 bits per heavy atom. The van der Waals surface area contributed by atoms with Crippen molar-refractivity contribution in [1.29, 1.82) is 0 Å². The Labute approximate surface area is 189 Å². The van der Waals surface area contributed by atoms with Crippen molar-refractivity contribution in [2.75, 3.05) is 7.11 Å². The van der Waals surface area contributed by atoms with Gasteiger partial charge in [0.2, 0.25) is 5.76 Å². The van der Waals surface area contributed by atoms with Crippen molar-refractivity contribution in [2.45, 2.75) is 19.5 Å². The molecule has 5 nitrogen and oxygen atoms in total. The van der Waals surface area contributed by atoms with Gasteiger partial charge in [-0.3, -0.25) is 9.59 Å². The van der Waals surface area contributed by atoms with Crippen molar-refractivity contribution in [2.24, 2.45) is 0 Å². The quantitative estimate of drug-likeness (QED) is 0.415. The molecule has 5 rings (SSSR count). The third-order valence-corrected chi connectivity index (χ3v) is 6.03. The Morgan fingerprint density at radius 1 is 1.03 bits per heavy atom. The fourth-order valence-electron chi connectivity index (χ4n) is 4.25. The smallest absolute Gasteiger partial charge is 0.291 e. The lowest BCUT2D eigenvalue weighted by molar-refractivity contribution is 0.0714. The molecule has 32 heavy (non-hydrogen) atoms. The maximum Gasteiger partial charge on any atom is 0.291 e. The molecule has 2 heterocycles. The van der Waals surface area contributed by atoms with Gasteiger partial charge in [0, 0.05) is 11.6 Å². The van der Waals surface area contributed by atoms with Crippen LogP contribution in [0.15, 0.2) is 75.9 Å². The second kappa shape index (κ2) is 7.84. The lowest BCUT2D eigenvalue weighted by atomic mass is 9.98. The van der Waals surface area contributed by atoms with Crippen molar-refractivity contribution in [3.05, 3.63) is 110 Å². The minimum atomic E-state index is -0.598. The molecule has 0 saturated heterocycles. The zero-order valence-electron chi connectivity index (χ0n) is 17.6. The molecule has 1 unspecified atom stereocenters. The SMILES string of the molecule is COc1ccc(CN2C(=O)c3oc4ccc(C)cc4c(=O)c3C2c2cccc(Cl)c2)cc1. The second-order valence-electron chi connectivity index (χ2n) is 7.91. The molecule has 3 aromatic carbocycles. The number of nitrogens with zero attached hydrogens (tertiary/aromatic N) is 1. The lowest BCUT2D eigenvalue weighted by Gasteiger charge is -2.25. The van der Waals surface area contributed by atoms with Crippen LogP contribution in [-0.4, -0.2) is 17.9 Å². The normalized spacial score (nSPS) is 15.3. The number of carbonyl (C=O) groups is 1. The number of aryl methyl sites for hydroxylation is 1. The van der Waals surface area contributed by atoms with Crippen LogP contribution in [0.25, 0.3) is 11.0 Å². The van der Waals surface area contributed by atoms with E-state index in [1.165, 1.54) is 0 Å².